The molecule has 13 heavy (non-hydrogen) atoms. The molecular formula is C10H19NO2. The van der Waals surface area contributed by atoms with Gasteiger partial charge in [0.05, 0.1) is 13.0 Å². The molecule has 1 aliphatic heterocycles. The Morgan fingerprint density at radius 3 is 2.23 bits per heavy atom. The van der Waals surface area contributed by atoms with Gasteiger partial charge in [-0.25, -0.2) is 0 Å². The predicted octanol–water partition coefficient (Wildman–Crippen LogP) is 1.19. The molecule has 1 heterocycles. The third-order valence-electron chi connectivity index (χ3n) is 2.89. The van der Waals surface area contributed by atoms with Gasteiger partial charge in [0, 0.05) is 13.1 Å². The minimum atomic E-state index is -0.0254. The van der Waals surface area contributed by atoms with E-state index < -0.39 is 0 Å². The monoisotopic (exact) mass is 185 g/mol. The van der Waals surface area contributed by atoms with Crippen molar-refractivity contribution in [2.75, 3.05) is 20.2 Å². The van der Waals surface area contributed by atoms with Gasteiger partial charge in [0.2, 0.25) is 0 Å². The van der Waals surface area contributed by atoms with E-state index in [2.05, 4.69) is 10.1 Å². The van der Waals surface area contributed by atoms with Crippen molar-refractivity contribution >= 4 is 5.97 Å². The summed E-state index contributed by atoms with van der Waals surface area (Å²) < 4.78 is 4.66. The molecule has 2 aliphatic rings. The lowest BCUT2D eigenvalue weighted by Gasteiger charge is -2.53. The second-order valence-electron chi connectivity index (χ2n) is 3.73. The van der Waals surface area contributed by atoms with Crippen LogP contribution in [0.1, 0.15) is 26.7 Å². The Morgan fingerprint density at radius 2 is 1.92 bits per heavy atom. The third kappa shape index (κ3) is 1.85. The zero-order chi connectivity index (χ0) is 9.90. The van der Waals surface area contributed by atoms with E-state index >= 15 is 0 Å². The Kier molecular flexibility index (Phi) is 3.31. The molecule has 2 fully saturated rings. The molecule has 0 aromatic carbocycles. The highest BCUT2D eigenvalue weighted by molar-refractivity contribution is 5.73. The average molecular weight is 185 g/mol. The van der Waals surface area contributed by atoms with Gasteiger partial charge in [0.25, 0.3) is 0 Å². The molecule has 1 spiro atoms. The van der Waals surface area contributed by atoms with Crippen LogP contribution in [-0.4, -0.2) is 26.2 Å². The fourth-order valence-electron chi connectivity index (χ4n) is 2.09. The van der Waals surface area contributed by atoms with Gasteiger partial charge in [-0.05, 0) is 18.3 Å². The Bertz CT molecular complexity index is 179. The van der Waals surface area contributed by atoms with Crippen molar-refractivity contribution in [3.05, 3.63) is 0 Å². The molecule has 0 aromatic rings. The molecule has 0 aromatic heterocycles. The first-order chi connectivity index (χ1) is 6.26. The van der Waals surface area contributed by atoms with Crippen LogP contribution in [0.4, 0.5) is 0 Å². The van der Waals surface area contributed by atoms with Crippen LogP contribution >= 0.6 is 0 Å². The highest BCUT2D eigenvalue weighted by Gasteiger charge is 2.51. The zero-order valence-electron chi connectivity index (χ0n) is 8.72. The van der Waals surface area contributed by atoms with Gasteiger partial charge >= 0.3 is 5.97 Å². The number of carbonyl (C=O) groups is 1. The summed E-state index contributed by atoms with van der Waals surface area (Å²) in [6, 6.07) is 0. The number of hydrogen-bond acceptors (Lipinski definition) is 3. The SMILES string of the molecule is CC.COC(=O)C1CC2(CNC2)C1. The summed E-state index contributed by atoms with van der Waals surface area (Å²) in [6.07, 6.45) is 2.07. The van der Waals surface area contributed by atoms with Crippen molar-refractivity contribution in [2.45, 2.75) is 26.7 Å². The van der Waals surface area contributed by atoms with Crippen LogP contribution in [0.5, 0.6) is 0 Å². The Hall–Kier alpha value is -0.570. The lowest BCUT2D eigenvalue weighted by atomic mass is 9.58. The van der Waals surface area contributed by atoms with E-state index in [4.69, 9.17) is 0 Å². The molecule has 0 bridgehead atoms. The van der Waals surface area contributed by atoms with E-state index in [0.29, 0.717) is 5.41 Å². The van der Waals surface area contributed by atoms with Crippen LogP contribution in [0.2, 0.25) is 0 Å². The molecular weight excluding hydrogens is 166 g/mol. The number of carbonyl (C=O) groups excluding carboxylic acids is 1. The molecule has 1 saturated carbocycles. The number of hydrogen-bond donors (Lipinski definition) is 1. The zero-order valence-corrected chi connectivity index (χ0v) is 8.72. The number of ether oxygens (including phenoxy) is 1. The summed E-state index contributed by atoms with van der Waals surface area (Å²) in [4.78, 5) is 11.0. The van der Waals surface area contributed by atoms with Crippen LogP contribution in [0.15, 0.2) is 0 Å². The standard InChI is InChI=1S/C8H13NO2.C2H6/c1-11-7(10)6-2-8(3-6)4-9-5-8;1-2/h6,9H,2-5H2,1H3;1-2H3. The molecule has 76 valence electrons. The molecule has 1 aliphatic carbocycles. The smallest absolute Gasteiger partial charge is 0.308 e. The van der Waals surface area contributed by atoms with E-state index in [1.54, 1.807) is 0 Å². The van der Waals surface area contributed by atoms with Gasteiger partial charge in [0.1, 0.15) is 0 Å². The maximum absolute atomic E-state index is 11.0. The van der Waals surface area contributed by atoms with E-state index in [0.717, 1.165) is 25.9 Å². The second-order valence-corrected chi connectivity index (χ2v) is 3.73. The third-order valence-corrected chi connectivity index (χ3v) is 2.89. The fraction of sp³-hybridized carbons (Fsp3) is 0.900. The van der Waals surface area contributed by atoms with Crippen LogP contribution < -0.4 is 5.32 Å². The molecule has 1 N–H and O–H groups in total. The lowest BCUT2D eigenvalue weighted by Crippen LogP contribution is -2.61. The Labute approximate surface area is 79.8 Å². The highest BCUT2D eigenvalue weighted by atomic mass is 16.5. The minimum Gasteiger partial charge on any atom is -0.469 e. The van der Waals surface area contributed by atoms with Crippen molar-refractivity contribution in [3.63, 3.8) is 0 Å². The molecule has 0 unspecified atom stereocenters. The highest BCUT2D eigenvalue weighted by Crippen LogP contribution is 2.48. The lowest BCUT2D eigenvalue weighted by molar-refractivity contribution is -0.156. The van der Waals surface area contributed by atoms with Gasteiger partial charge in [-0.1, -0.05) is 13.8 Å². The number of nitrogens with one attached hydrogen (secondary N) is 1. The topological polar surface area (TPSA) is 38.3 Å². The number of esters is 1. The van der Waals surface area contributed by atoms with Gasteiger partial charge in [-0.3, -0.25) is 4.79 Å². The molecule has 3 nitrogen and oxygen atoms in total. The van der Waals surface area contributed by atoms with Crippen molar-refractivity contribution in [3.8, 4) is 0 Å². The van der Waals surface area contributed by atoms with Gasteiger partial charge in [0.15, 0.2) is 0 Å². The first-order valence-corrected chi connectivity index (χ1v) is 5.04. The summed E-state index contributed by atoms with van der Waals surface area (Å²) >= 11 is 0. The molecule has 0 atom stereocenters. The Balaban J connectivity index is 0.000000396. The molecule has 0 radical (unpaired) electrons. The molecule has 0 amide bonds. The molecule has 3 heteroatoms. The summed E-state index contributed by atoms with van der Waals surface area (Å²) in [6.45, 7) is 6.20. The van der Waals surface area contributed by atoms with Crippen molar-refractivity contribution < 1.29 is 9.53 Å². The summed E-state index contributed by atoms with van der Waals surface area (Å²) in [7, 11) is 1.46. The van der Waals surface area contributed by atoms with E-state index in [1.165, 1.54) is 7.11 Å². The maximum Gasteiger partial charge on any atom is 0.308 e. The summed E-state index contributed by atoms with van der Waals surface area (Å²) in [5.74, 6) is 0.171. The van der Waals surface area contributed by atoms with Gasteiger partial charge < -0.3 is 10.1 Å². The predicted molar refractivity (Wildman–Crippen MR) is 51.4 cm³/mol. The second kappa shape index (κ2) is 4.09. The van der Waals surface area contributed by atoms with Crippen molar-refractivity contribution in [1.29, 1.82) is 0 Å². The summed E-state index contributed by atoms with van der Waals surface area (Å²) in [5, 5.41) is 3.23. The average Bonchev–Trinajstić information content (AvgIpc) is 2.03. The van der Waals surface area contributed by atoms with Crippen LogP contribution in [0, 0.1) is 11.3 Å². The first kappa shape index (κ1) is 10.5. The fourth-order valence-corrected chi connectivity index (χ4v) is 2.09. The quantitative estimate of drug-likeness (QED) is 0.623. The summed E-state index contributed by atoms with van der Waals surface area (Å²) in [5.41, 5.74) is 0.485. The largest absolute Gasteiger partial charge is 0.469 e. The van der Waals surface area contributed by atoms with Gasteiger partial charge in [-0.15, -0.1) is 0 Å². The normalized spacial score (nSPS) is 23.6. The van der Waals surface area contributed by atoms with E-state index in [1.807, 2.05) is 13.8 Å². The first-order valence-electron chi connectivity index (χ1n) is 5.04. The van der Waals surface area contributed by atoms with E-state index in [-0.39, 0.29) is 11.9 Å². The van der Waals surface area contributed by atoms with Crippen molar-refractivity contribution in [1.82, 2.24) is 5.32 Å². The van der Waals surface area contributed by atoms with Gasteiger partial charge in [-0.2, -0.15) is 0 Å². The minimum absolute atomic E-state index is 0.0254. The maximum atomic E-state index is 11.0. The van der Waals surface area contributed by atoms with Crippen LogP contribution in [0.25, 0.3) is 0 Å². The van der Waals surface area contributed by atoms with Crippen LogP contribution in [-0.2, 0) is 9.53 Å². The van der Waals surface area contributed by atoms with Crippen molar-refractivity contribution in [2.24, 2.45) is 11.3 Å². The molecule has 1 saturated heterocycles. The van der Waals surface area contributed by atoms with E-state index in [9.17, 15) is 4.79 Å². The Morgan fingerprint density at radius 1 is 1.38 bits per heavy atom. The molecule has 2 rings (SSSR count). The number of methoxy groups -OCH3 is 1. The van der Waals surface area contributed by atoms with Crippen LogP contribution in [0.3, 0.4) is 0 Å². The number of rotatable bonds is 1.